The minimum absolute atomic E-state index is 0.268. The van der Waals surface area contributed by atoms with Crippen LogP contribution in [-0.4, -0.2) is 58.1 Å². The summed E-state index contributed by atoms with van der Waals surface area (Å²) in [7, 11) is -2.16. The van der Waals surface area contributed by atoms with E-state index in [9.17, 15) is 0 Å². The Balaban J connectivity index is 1.88. The predicted octanol–water partition coefficient (Wildman–Crippen LogP) is 5.85. The third kappa shape index (κ3) is 6.98. The molecular formula is C14H25Cl4NO4P2. The topological polar surface area (TPSA) is 40.2 Å². The van der Waals surface area contributed by atoms with Crippen LogP contribution in [0.4, 0.5) is 0 Å². The molecule has 2 saturated heterocycles. The van der Waals surface area contributed by atoms with E-state index < -0.39 is 25.4 Å². The van der Waals surface area contributed by atoms with Gasteiger partial charge >= 0.3 is 0 Å². The van der Waals surface area contributed by atoms with E-state index in [2.05, 4.69) is 11.8 Å². The molecule has 148 valence electrons. The van der Waals surface area contributed by atoms with Gasteiger partial charge in [0.1, 0.15) is 0 Å². The Labute approximate surface area is 172 Å². The van der Waals surface area contributed by atoms with Gasteiger partial charge in [0.05, 0.1) is 38.0 Å². The summed E-state index contributed by atoms with van der Waals surface area (Å²) in [6.07, 6.45) is 2.95. The van der Waals surface area contributed by atoms with Gasteiger partial charge in [0.15, 0.2) is 25.4 Å². The molecule has 4 atom stereocenters. The largest absolute Gasteiger partial charge is 0.330 e. The van der Waals surface area contributed by atoms with Crippen molar-refractivity contribution in [2.75, 3.05) is 32.3 Å². The van der Waals surface area contributed by atoms with E-state index in [0.717, 1.165) is 19.4 Å². The summed E-state index contributed by atoms with van der Waals surface area (Å²) < 4.78 is 21.2. The van der Waals surface area contributed by atoms with Gasteiger partial charge in [0, 0.05) is 0 Å². The Morgan fingerprint density at radius 1 is 0.920 bits per heavy atom. The van der Waals surface area contributed by atoms with Gasteiger partial charge in [-0.25, -0.2) is 0 Å². The quantitative estimate of drug-likeness (QED) is 0.342. The molecule has 2 heterocycles. The lowest BCUT2D eigenvalue weighted by Gasteiger charge is -2.40. The van der Waals surface area contributed by atoms with E-state index in [-0.39, 0.29) is 25.4 Å². The van der Waals surface area contributed by atoms with Crippen LogP contribution in [-0.2, 0) is 18.1 Å². The van der Waals surface area contributed by atoms with Crippen molar-refractivity contribution in [3.8, 4) is 0 Å². The van der Waals surface area contributed by atoms with E-state index >= 15 is 0 Å². The van der Waals surface area contributed by atoms with Crippen LogP contribution in [0.3, 0.4) is 0 Å². The van der Waals surface area contributed by atoms with Crippen LogP contribution >= 0.6 is 63.2 Å². The summed E-state index contributed by atoms with van der Waals surface area (Å²) in [6.45, 7) is 7.34. The lowest BCUT2D eigenvalue weighted by molar-refractivity contribution is 0.0959. The highest BCUT2D eigenvalue weighted by atomic mass is 35.5. The Bertz CT molecular complexity index is 402. The van der Waals surface area contributed by atoms with Gasteiger partial charge < -0.3 is 18.1 Å². The highest BCUT2D eigenvalue weighted by Gasteiger charge is 2.43. The summed E-state index contributed by atoms with van der Waals surface area (Å²) in [5, 5.41) is 0. The molecule has 0 bridgehead atoms. The first-order valence-electron chi connectivity index (χ1n) is 8.26. The van der Waals surface area contributed by atoms with E-state index in [4.69, 9.17) is 64.5 Å². The van der Waals surface area contributed by atoms with Crippen molar-refractivity contribution in [3.05, 3.63) is 0 Å². The summed E-state index contributed by atoms with van der Waals surface area (Å²) in [4.78, 5) is 2.26. The lowest BCUT2D eigenvalue weighted by atomic mass is 10.3. The van der Waals surface area contributed by atoms with Crippen molar-refractivity contribution >= 4 is 63.2 Å². The maximum atomic E-state index is 6.16. The fourth-order valence-corrected chi connectivity index (χ4v) is 6.58. The molecule has 0 saturated carbocycles. The molecule has 4 unspecified atom stereocenters. The molecule has 0 spiro atoms. The smallest absolute Gasteiger partial charge is 0.186 e. The Kier molecular flexibility index (Phi) is 9.27. The van der Waals surface area contributed by atoms with Crippen LogP contribution in [0.25, 0.3) is 0 Å². The fourth-order valence-electron chi connectivity index (χ4n) is 2.16. The van der Waals surface area contributed by atoms with Crippen molar-refractivity contribution in [2.24, 2.45) is 0 Å². The number of unbranched alkanes of at least 4 members (excludes halogenated alkanes) is 1. The second-order valence-corrected chi connectivity index (χ2v) is 12.2. The molecule has 0 aromatic heterocycles. The molecule has 2 rings (SSSR count). The zero-order valence-electron chi connectivity index (χ0n) is 14.6. The van der Waals surface area contributed by atoms with Gasteiger partial charge in [-0.2, -0.15) is 0 Å². The summed E-state index contributed by atoms with van der Waals surface area (Å²) in [6, 6.07) is 0. The minimum Gasteiger partial charge on any atom is -0.330 e. The molecule has 0 N–H and O–H groups in total. The molecule has 2 aliphatic rings. The van der Waals surface area contributed by atoms with E-state index in [1.807, 2.05) is 13.8 Å². The zero-order chi connectivity index (χ0) is 18.7. The number of nitrogens with zero attached hydrogens (tertiary/aromatic N) is 1. The molecule has 0 amide bonds. The fraction of sp³-hybridized carbons (Fsp3) is 1.00. The Morgan fingerprint density at radius 2 is 1.36 bits per heavy atom. The summed E-state index contributed by atoms with van der Waals surface area (Å²) >= 11 is 24.6. The highest BCUT2D eigenvalue weighted by molar-refractivity contribution is 7.48. The Morgan fingerprint density at radius 3 is 1.72 bits per heavy atom. The van der Waals surface area contributed by atoms with E-state index in [1.165, 1.54) is 0 Å². The summed E-state index contributed by atoms with van der Waals surface area (Å²) in [5.74, 6) is 0. The van der Waals surface area contributed by atoms with Crippen molar-refractivity contribution in [3.63, 3.8) is 0 Å². The van der Waals surface area contributed by atoms with Crippen LogP contribution < -0.4 is 0 Å². The Hall–Kier alpha value is 1.82. The van der Waals surface area contributed by atoms with Gasteiger partial charge in [0.25, 0.3) is 0 Å². The first kappa shape index (κ1) is 23.1. The van der Waals surface area contributed by atoms with Gasteiger partial charge in [-0.05, 0) is 26.8 Å². The third-order valence-corrected chi connectivity index (χ3v) is 8.87. The average molecular weight is 475 g/mol. The standard InChI is InChI=1S/C14H25Cl4NO4P2/c1-4-5-6-19(9-24-20-7-13(15,16)11(2)22-24)10-25-21-8-14(17,18)12(3)23-25/h11-12H,4-10H2,1-3H3. The normalized spacial score (nSPS) is 35.0. The van der Waals surface area contributed by atoms with Gasteiger partial charge in [-0.15, -0.1) is 0 Å². The molecule has 25 heavy (non-hydrogen) atoms. The van der Waals surface area contributed by atoms with Crippen LogP contribution in [0.1, 0.15) is 33.6 Å². The average Bonchev–Trinajstić information content (AvgIpc) is 2.53. The van der Waals surface area contributed by atoms with Crippen LogP contribution in [0.15, 0.2) is 0 Å². The lowest BCUT2D eigenvalue weighted by Crippen LogP contribution is -2.41. The summed E-state index contributed by atoms with van der Waals surface area (Å²) in [5.41, 5.74) is 0. The van der Waals surface area contributed by atoms with Crippen LogP contribution in [0.2, 0.25) is 0 Å². The molecule has 0 radical (unpaired) electrons. The minimum atomic E-state index is -1.08. The number of hydrogen-bond donors (Lipinski definition) is 0. The predicted molar refractivity (Wildman–Crippen MR) is 107 cm³/mol. The van der Waals surface area contributed by atoms with E-state index in [1.54, 1.807) is 0 Å². The number of alkyl halides is 4. The molecular weight excluding hydrogens is 450 g/mol. The van der Waals surface area contributed by atoms with Crippen molar-refractivity contribution in [2.45, 2.75) is 54.5 Å². The molecule has 0 aromatic carbocycles. The monoisotopic (exact) mass is 473 g/mol. The molecule has 2 fully saturated rings. The highest BCUT2D eigenvalue weighted by Crippen LogP contribution is 2.53. The molecule has 0 aromatic rings. The number of hydrogen-bond acceptors (Lipinski definition) is 5. The molecule has 2 aliphatic heterocycles. The van der Waals surface area contributed by atoms with Gasteiger partial charge in [-0.1, -0.05) is 59.7 Å². The van der Waals surface area contributed by atoms with Crippen molar-refractivity contribution in [1.29, 1.82) is 0 Å². The van der Waals surface area contributed by atoms with Crippen molar-refractivity contribution < 1.29 is 18.1 Å². The first-order chi connectivity index (χ1) is 11.6. The molecule has 5 nitrogen and oxygen atoms in total. The molecule has 0 aliphatic carbocycles. The zero-order valence-corrected chi connectivity index (χ0v) is 19.4. The maximum absolute atomic E-state index is 6.16. The third-order valence-electron chi connectivity index (χ3n) is 4.00. The van der Waals surface area contributed by atoms with Crippen LogP contribution in [0.5, 0.6) is 0 Å². The van der Waals surface area contributed by atoms with Gasteiger partial charge in [0.2, 0.25) is 0 Å². The van der Waals surface area contributed by atoms with Gasteiger partial charge in [-0.3, -0.25) is 4.90 Å². The second-order valence-electron chi connectivity index (χ2n) is 6.26. The number of halogens is 4. The van der Waals surface area contributed by atoms with Crippen LogP contribution in [0, 0.1) is 0 Å². The maximum Gasteiger partial charge on any atom is 0.186 e. The van der Waals surface area contributed by atoms with Crippen molar-refractivity contribution in [1.82, 2.24) is 4.90 Å². The SMILES string of the molecule is CCCCN(CP1OCC(Cl)(Cl)C(C)O1)CP1OCC(Cl)(Cl)C(C)O1. The first-order valence-corrected chi connectivity index (χ1v) is 12.5. The van der Waals surface area contributed by atoms with E-state index in [0.29, 0.717) is 12.6 Å². The number of rotatable bonds is 7. The second kappa shape index (κ2) is 10.0. The molecule has 11 heteroatoms.